The average Bonchev–Trinajstić information content (AvgIpc) is 2.78. The van der Waals surface area contributed by atoms with Gasteiger partial charge in [-0.2, -0.15) is 0 Å². The number of guanidine groups is 1. The minimum Gasteiger partial charge on any atom is -0.370 e. The van der Waals surface area contributed by atoms with Crippen LogP contribution in [0.4, 0.5) is 0 Å². The molecule has 3 N–H and O–H groups in total. The zero-order valence-electron chi connectivity index (χ0n) is 10.6. The lowest BCUT2D eigenvalue weighted by molar-refractivity contribution is 0.126. The maximum atomic E-state index is 5.89. The molecule has 1 heterocycles. The van der Waals surface area contributed by atoms with E-state index in [2.05, 4.69) is 41.7 Å². The van der Waals surface area contributed by atoms with Crippen molar-refractivity contribution in [2.75, 3.05) is 6.54 Å². The smallest absolute Gasteiger partial charge is 0.188 e. The van der Waals surface area contributed by atoms with E-state index in [0.29, 0.717) is 17.4 Å². The van der Waals surface area contributed by atoms with Crippen LogP contribution in [-0.2, 0) is 6.42 Å². The van der Waals surface area contributed by atoms with E-state index in [-0.39, 0.29) is 0 Å². The van der Waals surface area contributed by atoms with E-state index < -0.39 is 0 Å². The van der Waals surface area contributed by atoms with Crippen molar-refractivity contribution in [3.8, 4) is 0 Å². The zero-order valence-corrected chi connectivity index (χ0v) is 11.4. The second kappa shape index (κ2) is 5.08. The lowest BCUT2D eigenvalue weighted by Crippen LogP contribution is -2.54. The summed E-state index contributed by atoms with van der Waals surface area (Å²) in [6, 6.07) is 4.70. The summed E-state index contributed by atoms with van der Waals surface area (Å²) in [7, 11) is 0. The Morgan fingerprint density at radius 1 is 1.65 bits per heavy atom. The molecule has 0 aliphatic heterocycles. The molecule has 17 heavy (non-hydrogen) atoms. The third kappa shape index (κ3) is 3.22. The fraction of sp³-hybridized carbons (Fsp3) is 0.615. The Kier molecular flexibility index (Phi) is 3.72. The van der Waals surface area contributed by atoms with E-state index in [0.717, 1.165) is 13.0 Å². The standard InChI is InChI=1S/C13H21N3S/c1-13(2)7-5-11(13)16-12(14)15-8-6-10-4-3-9-17-10/h3-4,9,11H,5-8H2,1-2H3,(H3,14,15,16). The summed E-state index contributed by atoms with van der Waals surface area (Å²) in [6.45, 7) is 5.31. The van der Waals surface area contributed by atoms with Crippen molar-refractivity contribution < 1.29 is 0 Å². The van der Waals surface area contributed by atoms with Gasteiger partial charge in [0.05, 0.1) is 0 Å². The normalized spacial score (nSPS) is 23.2. The largest absolute Gasteiger partial charge is 0.370 e. The quantitative estimate of drug-likeness (QED) is 0.637. The Bertz CT molecular complexity index is 381. The van der Waals surface area contributed by atoms with Crippen LogP contribution in [0.5, 0.6) is 0 Å². The summed E-state index contributed by atoms with van der Waals surface area (Å²) in [6.07, 6.45) is 3.45. The lowest BCUT2D eigenvalue weighted by atomic mass is 9.67. The van der Waals surface area contributed by atoms with Crippen LogP contribution in [0.25, 0.3) is 0 Å². The summed E-state index contributed by atoms with van der Waals surface area (Å²) in [5.41, 5.74) is 6.26. The third-order valence-corrected chi connectivity index (χ3v) is 4.50. The summed E-state index contributed by atoms with van der Waals surface area (Å²) in [5.74, 6) is 0.597. The first-order valence-corrected chi connectivity index (χ1v) is 7.05. The predicted molar refractivity (Wildman–Crippen MR) is 74.5 cm³/mol. The highest BCUT2D eigenvalue weighted by Gasteiger charge is 2.38. The van der Waals surface area contributed by atoms with Gasteiger partial charge in [0.1, 0.15) is 0 Å². The van der Waals surface area contributed by atoms with Crippen molar-refractivity contribution in [2.45, 2.75) is 39.2 Å². The van der Waals surface area contributed by atoms with Crippen molar-refractivity contribution in [2.24, 2.45) is 16.1 Å². The van der Waals surface area contributed by atoms with Gasteiger partial charge in [-0.15, -0.1) is 11.3 Å². The van der Waals surface area contributed by atoms with Crippen LogP contribution in [0.2, 0.25) is 0 Å². The van der Waals surface area contributed by atoms with Gasteiger partial charge in [-0.3, -0.25) is 4.99 Å². The second-order valence-corrected chi connectivity index (χ2v) is 6.35. The lowest BCUT2D eigenvalue weighted by Gasteiger charge is -2.45. The van der Waals surface area contributed by atoms with Gasteiger partial charge >= 0.3 is 0 Å². The van der Waals surface area contributed by atoms with Crippen LogP contribution in [0, 0.1) is 5.41 Å². The maximum Gasteiger partial charge on any atom is 0.188 e. The molecule has 94 valence electrons. The first kappa shape index (κ1) is 12.4. The molecule has 1 unspecified atom stereocenters. The molecule has 2 rings (SSSR count). The molecule has 0 amide bonds. The van der Waals surface area contributed by atoms with Crippen LogP contribution in [0.1, 0.15) is 31.6 Å². The number of hydrogen-bond donors (Lipinski definition) is 2. The molecule has 4 heteroatoms. The van der Waals surface area contributed by atoms with Gasteiger partial charge in [-0.25, -0.2) is 0 Å². The molecule has 0 saturated heterocycles. The molecule has 3 nitrogen and oxygen atoms in total. The average molecular weight is 251 g/mol. The van der Waals surface area contributed by atoms with E-state index in [1.165, 1.54) is 17.7 Å². The third-order valence-electron chi connectivity index (χ3n) is 3.56. The molecule has 1 aliphatic carbocycles. The Morgan fingerprint density at radius 3 is 3.00 bits per heavy atom. The fourth-order valence-corrected chi connectivity index (χ4v) is 2.80. The van der Waals surface area contributed by atoms with E-state index in [1.807, 2.05) is 0 Å². The van der Waals surface area contributed by atoms with Crippen LogP contribution in [0.3, 0.4) is 0 Å². The van der Waals surface area contributed by atoms with Gasteiger partial charge in [0, 0.05) is 23.9 Å². The molecule has 1 atom stereocenters. The second-order valence-electron chi connectivity index (χ2n) is 5.32. The molecule has 1 aromatic heterocycles. The minimum absolute atomic E-state index is 0.369. The highest BCUT2D eigenvalue weighted by atomic mass is 32.1. The van der Waals surface area contributed by atoms with E-state index in [1.54, 1.807) is 11.3 Å². The number of hydrogen-bond acceptors (Lipinski definition) is 2. The van der Waals surface area contributed by atoms with Crippen molar-refractivity contribution in [1.29, 1.82) is 0 Å². The molecular weight excluding hydrogens is 230 g/mol. The minimum atomic E-state index is 0.369. The van der Waals surface area contributed by atoms with E-state index in [9.17, 15) is 0 Å². The van der Waals surface area contributed by atoms with Gasteiger partial charge in [-0.1, -0.05) is 19.9 Å². The number of rotatable bonds is 4. The molecule has 1 fully saturated rings. The van der Waals surface area contributed by atoms with Crippen LogP contribution in [-0.4, -0.2) is 18.5 Å². The Hall–Kier alpha value is -1.03. The number of aliphatic imine (C=N–C) groups is 1. The zero-order chi connectivity index (χ0) is 12.3. The van der Waals surface area contributed by atoms with E-state index in [4.69, 9.17) is 5.73 Å². The topological polar surface area (TPSA) is 50.4 Å². The van der Waals surface area contributed by atoms with E-state index >= 15 is 0 Å². The summed E-state index contributed by atoms with van der Waals surface area (Å²) >= 11 is 1.77. The summed E-state index contributed by atoms with van der Waals surface area (Å²) in [5, 5.41) is 5.41. The Morgan fingerprint density at radius 2 is 2.47 bits per heavy atom. The predicted octanol–water partition coefficient (Wildman–Crippen LogP) is 2.38. The van der Waals surface area contributed by atoms with Crippen molar-refractivity contribution in [1.82, 2.24) is 5.32 Å². The molecule has 1 saturated carbocycles. The summed E-state index contributed by atoms with van der Waals surface area (Å²) in [4.78, 5) is 5.74. The van der Waals surface area contributed by atoms with Gasteiger partial charge in [0.25, 0.3) is 0 Å². The van der Waals surface area contributed by atoms with Gasteiger partial charge in [0.2, 0.25) is 0 Å². The first-order valence-electron chi connectivity index (χ1n) is 6.17. The monoisotopic (exact) mass is 251 g/mol. The molecule has 1 aliphatic rings. The van der Waals surface area contributed by atoms with Crippen molar-refractivity contribution in [3.05, 3.63) is 22.4 Å². The summed E-state index contributed by atoms with van der Waals surface area (Å²) < 4.78 is 0. The number of nitrogens with one attached hydrogen (secondary N) is 1. The molecule has 0 radical (unpaired) electrons. The molecular formula is C13H21N3S. The van der Waals surface area contributed by atoms with Crippen molar-refractivity contribution >= 4 is 17.3 Å². The molecule has 0 aromatic carbocycles. The fourth-order valence-electron chi connectivity index (χ4n) is 2.10. The highest BCUT2D eigenvalue weighted by molar-refractivity contribution is 7.09. The number of nitrogens with zero attached hydrogens (tertiary/aromatic N) is 1. The number of thiophene rings is 1. The van der Waals surface area contributed by atoms with Crippen LogP contribution in [0.15, 0.2) is 22.5 Å². The number of nitrogens with two attached hydrogens (primary N) is 1. The van der Waals surface area contributed by atoms with Gasteiger partial charge in [0.15, 0.2) is 5.96 Å². The van der Waals surface area contributed by atoms with Crippen LogP contribution >= 0.6 is 11.3 Å². The van der Waals surface area contributed by atoms with Gasteiger partial charge < -0.3 is 11.1 Å². The Labute approximate surface area is 107 Å². The van der Waals surface area contributed by atoms with Crippen molar-refractivity contribution in [3.63, 3.8) is 0 Å². The molecule has 1 aromatic rings. The molecule has 0 bridgehead atoms. The Balaban J connectivity index is 1.74. The van der Waals surface area contributed by atoms with Gasteiger partial charge in [-0.05, 0) is 29.7 Å². The van der Waals surface area contributed by atoms with Crippen LogP contribution < -0.4 is 11.1 Å². The highest BCUT2D eigenvalue weighted by Crippen LogP contribution is 2.39. The first-order chi connectivity index (χ1) is 8.08. The molecule has 0 spiro atoms. The SMILES string of the molecule is CC1(C)CCC1NC(N)=NCCc1cccs1. The maximum absolute atomic E-state index is 5.89.